The lowest BCUT2D eigenvalue weighted by Gasteiger charge is -2.34. The van der Waals surface area contributed by atoms with Crippen molar-refractivity contribution in [3.05, 3.63) is 24.3 Å². The molecule has 0 unspecified atom stereocenters. The molecule has 2 atom stereocenters. The number of ether oxygens (including phenoxy) is 3. The Balaban J connectivity index is 1.95. The second-order valence-electron chi connectivity index (χ2n) is 6.71. The van der Waals surface area contributed by atoms with Gasteiger partial charge in [-0.25, -0.2) is 4.79 Å². The highest BCUT2D eigenvalue weighted by atomic mass is 16.6. The maximum absolute atomic E-state index is 12.8. The Labute approximate surface area is 129 Å². The van der Waals surface area contributed by atoms with Gasteiger partial charge in [0.2, 0.25) is 5.60 Å². The Kier molecular flexibility index (Phi) is 3.03. The van der Waals surface area contributed by atoms with Gasteiger partial charge in [0.05, 0.1) is 12.5 Å². The van der Waals surface area contributed by atoms with E-state index in [0.717, 1.165) is 0 Å². The third-order valence-electron chi connectivity index (χ3n) is 5.69. The predicted octanol–water partition coefficient (Wildman–Crippen LogP) is 2.72. The largest absolute Gasteiger partial charge is 0.493 e. The van der Waals surface area contributed by atoms with Crippen LogP contribution in [0, 0.1) is 10.8 Å². The minimum atomic E-state index is -1.22. The maximum atomic E-state index is 12.8. The zero-order valence-electron chi connectivity index (χ0n) is 13.3. The second-order valence-corrected chi connectivity index (χ2v) is 6.71. The van der Waals surface area contributed by atoms with E-state index in [-0.39, 0.29) is 5.97 Å². The van der Waals surface area contributed by atoms with Crippen LogP contribution >= 0.6 is 0 Å². The van der Waals surface area contributed by atoms with Gasteiger partial charge < -0.3 is 14.2 Å². The van der Waals surface area contributed by atoms with Crippen LogP contribution in [0.25, 0.3) is 0 Å². The molecule has 0 radical (unpaired) electrons. The molecule has 1 aliphatic heterocycles. The molecule has 2 fully saturated rings. The number of rotatable bonds is 3. The molecule has 1 aromatic carbocycles. The topological polar surface area (TPSA) is 61.8 Å². The van der Waals surface area contributed by atoms with Gasteiger partial charge >= 0.3 is 11.9 Å². The summed E-state index contributed by atoms with van der Waals surface area (Å²) in [5.41, 5.74) is -2.48. The minimum absolute atomic E-state index is 0.319. The molecule has 1 saturated heterocycles. The molecule has 1 saturated carbocycles. The molecule has 0 amide bonds. The lowest BCUT2D eigenvalue weighted by Crippen LogP contribution is -2.50. The van der Waals surface area contributed by atoms with Gasteiger partial charge in [-0.3, -0.25) is 4.79 Å². The Bertz CT molecular complexity index is 650. The lowest BCUT2D eigenvalue weighted by atomic mass is 9.66. The first kappa shape index (κ1) is 14.9. The molecular formula is C17H20O5. The Hall–Kier alpha value is -2.04. The number of methoxy groups -OCH3 is 1. The molecule has 3 rings (SSSR count). The highest BCUT2D eigenvalue weighted by molar-refractivity contribution is 5.94. The Morgan fingerprint density at radius 1 is 1.14 bits per heavy atom. The van der Waals surface area contributed by atoms with Crippen LogP contribution < -0.4 is 9.47 Å². The van der Waals surface area contributed by atoms with Crippen molar-refractivity contribution in [3.8, 4) is 11.5 Å². The first-order valence-electron chi connectivity index (χ1n) is 7.37. The van der Waals surface area contributed by atoms with E-state index in [1.807, 2.05) is 20.8 Å². The van der Waals surface area contributed by atoms with Gasteiger partial charge in [-0.15, -0.1) is 0 Å². The van der Waals surface area contributed by atoms with Crippen LogP contribution in [0.1, 0.15) is 33.6 Å². The zero-order valence-corrected chi connectivity index (χ0v) is 13.3. The smallest absolute Gasteiger partial charge is 0.356 e. The Morgan fingerprint density at radius 2 is 1.77 bits per heavy atom. The zero-order chi connectivity index (χ0) is 16.2. The molecule has 0 aromatic heterocycles. The minimum Gasteiger partial charge on any atom is -0.493 e. The molecule has 1 aliphatic carbocycles. The second kappa shape index (κ2) is 4.48. The van der Waals surface area contributed by atoms with E-state index < -0.39 is 22.4 Å². The number of carbonyl (C=O) groups excluding carboxylic acids is 2. The van der Waals surface area contributed by atoms with E-state index in [0.29, 0.717) is 24.3 Å². The average Bonchev–Trinajstić information content (AvgIpc) is 2.78. The summed E-state index contributed by atoms with van der Waals surface area (Å²) < 4.78 is 16.2. The lowest BCUT2D eigenvalue weighted by molar-refractivity contribution is -0.176. The summed E-state index contributed by atoms with van der Waals surface area (Å²) in [6, 6.07) is 6.92. The molecule has 5 nitrogen and oxygen atoms in total. The molecular weight excluding hydrogens is 284 g/mol. The highest BCUT2D eigenvalue weighted by Gasteiger charge is 2.76. The summed E-state index contributed by atoms with van der Waals surface area (Å²) in [6.07, 6.45) is 1.11. The third kappa shape index (κ3) is 1.59. The van der Waals surface area contributed by atoms with Gasteiger partial charge in [0, 0.05) is 5.41 Å². The Morgan fingerprint density at radius 3 is 2.27 bits per heavy atom. The van der Waals surface area contributed by atoms with Crippen LogP contribution in [0.3, 0.4) is 0 Å². The number of hydrogen-bond acceptors (Lipinski definition) is 5. The molecule has 0 N–H and O–H groups in total. The standard InChI is InChI=1S/C17H20O5/c1-15(2)16(3)9-10-17(15,22-13(16)18)14(19)21-12-8-6-5-7-11(12)20-4/h5-8H,9-10H2,1-4H3/t16-,17-/m0/s1. The van der Waals surface area contributed by atoms with Crippen LogP contribution in [-0.2, 0) is 14.3 Å². The average molecular weight is 304 g/mol. The quantitative estimate of drug-likeness (QED) is 0.634. The van der Waals surface area contributed by atoms with Crippen LogP contribution in [0.5, 0.6) is 11.5 Å². The molecule has 1 heterocycles. The number of hydrogen-bond donors (Lipinski definition) is 0. The third-order valence-corrected chi connectivity index (χ3v) is 5.69. The number of para-hydroxylation sites is 2. The predicted molar refractivity (Wildman–Crippen MR) is 78.6 cm³/mol. The van der Waals surface area contributed by atoms with Crippen LogP contribution in [0.4, 0.5) is 0 Å². The van der Waals surface area contributed by atoms with Crippen molar-refractivity contribution in [3.63, 3.8) is 0 Å². The first-order valence-corrected chi connectivity index (χ1v) is 7.37. The SMILES string of the molecule is COc1ccccc1OC(=O)[C@]12CC[C@@](C)(C(=O)O1)C2(C)C. The monoisotopic (exact) mass is 304 g/mol. The molecule has 2 aliphatic rings. The molecule has 118 valence electrons. The molecule has 5 heteroatoms. The van der Waals surface area contributed by atoms with E-state index in [2.05, 4.69) is 0 Å². The first-order chi connectivity index (χ1) is 10.3. The molecule has 22 heavy (non-hydrogen) atoms. The summed E-state index contributed by atoms with van der Waals surface area (Å²) in [5.74, 6) is -0.0517. The van der Waals surface area contributed by atoms with Crippen molar-refractivity contribution >= 4 is 11.9 Å². The normalized spacial score (nSPS) is 31.7. The van der Waals surface area contributed by atoms with E-state index in [9.17, 15) is 9.59 Å². The van der Waals surface area contributed by atoms with Gasteiger partial charge in [0.25, 0.3) is 0 Å². The summed E-state index contributed by atoms with van der Waals surface area (Å²) in [4.78, 5) is 25.0. The summed E-state index contributed by atoms with van der Waals surface area (Å²) in [5, 5.41) is 0. The van der Waals surface area contributed by atoms with Crippen molar-refractivity contribution in [1.82, 2.24) is 0 Å². The van der Waals surface area contributed by atoms with Crippen LogP contribution in [0.15, 0.2) is 24.3 Å². The molecule has 0 spiro atoms. The van der Waals surface area contributed by atoms with Crippen molar-refractivity contribution in [2.75, 3.05) is 7.11 Å². The van der Waals surface area contributed by atoms with E-state index in [4.69, 9.17) is 14.2 Å². The van der Waals surface area contributed by atoms with Crippen molar-refractivity contribution < 1.29 is 23.8 Å². The van der Waals surface area contributed by atoms with Crippen LogP contribution in [0.2, 0.25) is 0 Å². The summed E-state index contributed by atoms with van der Waals surface area (Å²) >= 11 is 0. The molecule has 1 aromatic rings. The van der Waals surface area contributed by atoms with Gasteiger partial charge in [0.15, 0.2) is 11.5 Å². The van der Waals surface area contributed by atoms with Crippen LogP contribution in [-0.4, -0.2) is 24.6 Å². The van der Waals surface area contributed by atoms with Crippen molar-refractivity contribution in [2.24, 2.45) is 10.8 Å². The van der Waals surface area contributed by atoms with Crippen molar-refractivity contribution in [1.29, 1.82) is 0 Å². The van der Waals surface area contributed by atoms with Gasteiger partial charge in [-0.2, -0.15) is 0 Å². The fraction of sp³-hybridized carbons (Fsp3) is 0.529. The summed E-state index contributed by atoms with van der Waals surface area (Å²) in [7, 11) is 1.51. The number of esters is 2. The summed E-state index contributed by atoms with van der Waals surface area (Å²) in [6.45, 7) is 5.66. The van der Waals surface area contributed by atoms with Gasteiger partial charge in [-0.1, -0.05) is 26.0 Å². The fourth-order valence-corrected chi connectivity index (χ4v) is 3.59. The highest BCUT2D eigenvalue weighted by Crippen LogP contribution is 2.65. The molecule has 2 bridgehead atoms. The van der Waals surface area contributed by atoms with E-state index in [1.165, 1.54) is 7.11 Å². The van der Waals surface area contributed by atoms with E-state index in [1.54, 1.807) is 24.3 Å². The number of benzene rings is 1. The maximum Gasteiger partial charge on any atom is 0.356 e. The van der Waals surface area contributed by atoms with E-state index >= 15 is 0 Å². The number of fused-ring (bicyclic) bond motifs is 2. The number of carbonyl (C=O) groups is 2. The van der Waals surface area contributed by atoms with Gasteiger partial charge in [0.1, 0.15) is 0 Å². The fourth-order valence-electron chi connectivity index (χ4n) is 3.59. The van der Waals surface area contributed by atoms with Gasteiger partial charge in [-0.05, 0) is 31.9 Å². The van der Waals surface area contributed by atoms with Crippen molar-refractivity contribution in [2.45, 2.75) is 39.2 Å².